The molecular formula is C22H29N7. The number of pyridine rings is 1. The number of hydrogen-bond donors (Lipinski definition) is 1. The fraction of sp³-hybridized carbons (Fsp3) is 0.455. The minimum absolute atomic E-state index is 0.143. The molecule has 1 aliphatic carbocycles. The van der Waals surface area contributed by atoms with Crippen molar-refractivity contribution >= 4 is 22.9 Å². The summed E-state index contributed by atoms with van der Waals surface area (Å²) in [5.74, 6) is 2.81. The molecule has 152 valence electrons. The Morgan fingerprint density at radius 3 is 2.76 bits per heavy atom. The Bertz CT molecular complexity index is 979. The summed E-state index contributed by atoms with van der Waals surface area (Å²) < 4.78 is 2.14. The first-order valence-corrected chi connectivity index (χ1v) is 10.4. The Balaban J connectivity index is 1.89. The largest absolute Gasteiger partial charge is 0.397 e. The molecule has 1 saturated carbocycles. The normalized spacial score (nSPS) is 22.4. The summed E-state index contributed by atoms with van der Waals surface area (Å²) in [6.07, 6.45) is 11.2. The van der Waals surface area contributed by atoms with Gasteiger partial charge in [-0.1, -0.05) is 32.4 Å². The van der Waals surface area contributed by atoms with Gasteiger partial charge in [0.1, 0.15) is 5.82 Å². The summed E-state index contributed by atoms with van der Waals surface area (Å²) in [7, 11) is 0. The second-order valence-electron chi connectivity index (χ2n) is 7.73. The third-order valence-corrected chi connectivity index (χ3v) is 5.98. The molecule has 0 radical (unpaired) electrons. The molecule has 1 unspecified atom stereocenters. The summed E-state index contributed by atoms with van der Waals surface area (Å²) in [6, 6.07) is 2.46. The van der Waals surface area contributed by atoms with Gasteiger partial charge in [-0.2, -0.15) is 0 Å². The predicted molar refractivity (Wildman–Crippen MR) is 117 cm³/mol. The number of aryl methyl sites for hydroxylation is 1. The Morgan fingerprint density at radius 2 is 2.10 bits per heavy atom. The van der Waals surface area contributed by atoms with Gasteiger partial charge < -0.3 is 10.6 Å². The highest BCUT2D eigenvalue weighted by Gasteiger charge is 2.40. The van der Waals surface area contributed by atoms with Gasteiger partial charge in [0.15, 0.2) is 11.7 Å². The van der Waals surface area contributed by atoms with Crippen LogP contribution in [0.5, 0.6) is 0 Å². The molecule has 0 bridgehead atoms. The van der Waals surface area contributed by atoms with Crippen molar-refractivity contribution in [2.45, 2.75) is 65.0 Å². The number of rotatable bonds is 4. The molecule has 2 aromatic heterocycles. The molecule has 4 rings (SSSR count). The van der Waals surface area contributed by atoms with Crippen LogP contribution in [-0.2, 0) is 0 Å². The molecule has 7 heteroatoms. The number of nitrogen functional groups attached to an aromatic ring is 1. The zero-order chi connectivity index (χ0) is 20.5. The highest BCUT2D eigenvalue weighted by molar-refractivity contribution is 6.19. The average molecular weight is 392 g/mol. The molecule has 2 aromatic rings. The van der Waals surface area contributed by atoms with Crippen LogP contribution >= 0.6 is 0 Å². The molecule has 1 atom stereocenters. The number of hydrogen-bond acceptors (Lipinski definition) is 5. The van der Waals surface area contributed by atoms with Crippen LogP contribution in [0, 0.1) is 6.92 Å². The molecule has 7 nitrogen and oxygen atoms in total. The minimum atomic E-state index is 0.143. The van der Waals surface area contributed by atoms with E-state index in [0.29, 0.717) is 17.4 Å². The summed E-state index contributed by atoms with van der Waals surface area (Å²) in [6.45, 7) is 10.5. The SMILES string of the molecule is C=C(N=C1/C(=C\C)n2c(C)nnc2C(CC)N1C1CCCC1)c1ccncc1N. The van der Waals surface area contributed by atoms with E-state index >= 15 is 0 Å². The van der Waals surface area contributed by atoms with Gasteiger partial charge in [-0.15, -0.1) is 10.2 Å². The fourth-order valence-electron chi connectivity index (χ4n) is 4.62. The number of fused-ring (bicyclic) bond motifs is 1. The molecule has 1 fully saturated rings. The van der Waals surface area contributed by atoms with Crippen molar-refractivity contribution in [2.24, 2.45) is 4.99 Å². The zero-order valence-corrected chi connectivity index (χ0v) is 17.5. The lowest BCUT2D eigenvalue weighted by Gasteiger charge is -2.43. The van der Waals surface area contributed by atoms with Crippen molar-refractivity contribution in [3.63, 3.8) is 0 Å². The Hall–Kier alpha value is -2.96. The molecular weight excluding hydrogens is 362 g/mol. The van der Waals surface area contributed by atoms with E-state index in [2.05, 4.69) is 44.2 Å². The predicted octanol–water partition coefficient (Wildman–Crippen LogP) is 4.20. The van der Waals surface area contributed by atoms with Crippen LogP contribution in [-0.4, -0.2) is 36.5 Å². The molecule has 1 aliphatic heterocycles. The van der Waals surface area contributed by atoms with Gasteiger partial charge in [0.05, 0.1) is 29.3 Å². The second kappa shape index (κ2) is 7.81. The molecule has 0 spiro atoms. The van der Waals surface area contributed by atoms with E-state index in [1.807, 2.05) is 19.9 Å². The third kappa shape index (κ3) is 3.24. The lowest BCUT2D eigenvalue weighted by atomic mass is 10.0. The maximum atomic E-state index is 6.14. The van der Waals surface area contributed by atoms with Gasteiger partial charge in [0, 0.05) is 17.8 Å². The van der Waals surface area contributed by atoms with Gasteiger partial charge >= 0.3 is 0 Å². The minimum Gasteiger partial charge on any atom is -0.397 e. The van der Waals surface area contributed by atoms with Crippen LogP contribution < -0.4 is 5.73 Å². The number of nitrogens with two attached hydrogens (primary N) is 1. The maximum absolute atomic E-state index is 6.14. The van der Waals surface area contributed by atoms with Crippen molar-refractivity contribution in [3.8, 4) is 0 Å². The summed E-state index contributed by atoms with van der Waals surface area (Å²) in [5, 5.41) is 8.92. The quantitative estimate of drug-likeness (QED) is 0.844. The van der Waals surface area contributed by atoms with Crippen LogP contribution in [0.4, 0.5) is 5.69 Å². The van der Waals surface area contributed by atoms with Gasteiger partial charge in [0.2, 0.25) is 0 Å². The van der Waals surface area contributed by atoms with Crippen molar-refractivity contribution in [3.05, 3.63) is 48.3 Å². The van der Waals surface area contributed by atoms with Crippen LogP contribution in [0.25, 0.3) is 11.4 Å². The fourth-order valence-corrected chi connectivity index (χ4v) is 4.62. The van der Waals surface area contributed by atoms with E-state index in [9.17, 15) is 0 Å². The first-order valence-electron chi connectivity index (χ1n) is 10.4. The van der Waals surface area contributed by atoms with E-state index in [1.165, 1.54) is 25.7 Å². The molecule has 2 aliphatic rings. The molecule has 0 saturated heterocycles. The zero-order valence-electron chi connectivity index (χ0n) is 17.5. The van der Waals surface area contributed by atoms with E-state index in [0.717, 1.165) is 35.2 Å². The Morgan fingerprint density at radius 1 is 1.34 bits per heavy atom. The van der Waals surface area contributed by atoms with E-state index < -0.39 is 0 Å². The van der Waals surface area contributed by atoms with Crippen LogP contribution in [0.1, 0.15) is 69.2 Å². The number of allylic oxidation sites excluding steroid dienone is 1. The summed E-state index contributed by atoms with van der Waals surface area (Å²) in [5.41, 5.74) is 9.19. The highest BCUT2D eigenvalue weighted by Crippen LogP contribution is 2.40. The Kier molecular flexibility index (Phi) is 5.22. The van der Waals surface area contributed by atoms with Crippen LogP contribution in [0.2, 0.25) is 0 Å². The monoisotopic (exact) mass is 391 g/mol. The lowest BCUT2D eigenvalue weighted by Crippen LogP contribution is -2.47. The van der Waals surface area contributed by atoms with Gasteiger partial charge in [-0.25, -0.2) is 4.99 Å². The van der Waals surface area contributed by atoms with Crippen LogP contribution in [0.15, 0.2) is 36.1 Å². The molecule has 0 aromatic carbocycles. The summed E-state index contributed by atoms with van der Waals surface area (Å²) in [4.78, 5) is 11.6. The molecule has 2 N–H and O–H groups in total. The third-order valence-electron chi connectivity index (χ3n) is 5.98. The van der Waals surface area contributed by atoms with Crippen molar-refractivity contribution in [1.29, 1.82) is 0 Å². The molecule has 3 heterocycles. The lowest BCUT2D eigenvalue weighted by molar-refractivity contribution is 0.218. The van der Waals surface area contributed by atoms with Crippen LogP contribution in [0.3, 0.4) is 0 Å². The topological polar surface area (TPSA) is 85.2 Å². The summed E-state index contributed by atoms with van der Waals surface area (Å²) >= 11 is 0. The number of amidine groups is 1. The van der Waals surface area contributed by atoms with E-state index in [4.69, 9.17) is 10.7 Å². The number of aromatic nitrogens is 4. The molecule has 29 heavy (non-hydrogen) atoms. The van der Waals surface area contributed by atoms with Gasteiger partial charge in [-0.05, 0) is 39.2 Å². The standard InChI is InChI=1S/C22H29N7/c1-5-19-21(25-14(3)17-11-12-24-13-18(17)23)29(16-9-7-8-10-16)20(6-2)22-27-26-15(4)28(19)22/h5,11-13,16,20H,3,6-10,23H2,1-2,4H3/b19-5+,25-21?. The number of anilines is 1. The first kappa shape index (κ1) is 19.4. The maximum Gasteiger partial charge on any atom is 0.160 e. The first-order chi connectivity index (χ1) is 14.1. The van der Waals surface area contributed by atoms with E-state index in [1.54, 1.807) is 12.4 Å². The highest BCUT2D eigenvalue weighted by atomic mass is 15.4. The average Bonchev–Trinajstić information content (AvgIpc) is 3.38. The second-order valence-corrected chi connectivity index (χ2v) is 7.73. The number of aliphatic imine (C=N–C) groups is 1. The smallest absolute Gasteiger partial charge is 0.160 e. The van der Waals surface area contributed by atoms with Crippen molar-refractivity contribution in [1.82, 2.24) is 24.6 Å². The van der Waals surface area contributed by atoms with E-state index in [-0.39, 0.29) is 6.04 Å². The van der Waals surface area contributed by atoms with Gasteiger partial charge in [0.25, 0.3) is 0 Å². The van der Waals surface area contributed by atoms with Gasteiger partial charge in [-0.3, -0.25) is 9.55 Å². The van der Waals surface area contributed by atoms with Crippen molar-refractivity contribution in [2.75, 3.05) is 5.73 Å². The Labute approximate surface area is 172 Å². The molecule has 0 amide bonds. The van der Waals surface area contributed by atoms with Crippen molar-refractivity contribution < 1.29 is 0 Å². The number of nitrogens with zero attached hydrogens (tertiary/aromatic N) is 6.